The third-order valence-electron chi connectivity index (χ3n) is 4.04. The van der Waals surface area contributed by atoms with Crippen molar-refractivity contribution in [1.29, 1.82) is 0 Å². The molecule has 1 aromatic rings. The Morgan fingerprint density at radius 1 is 1.24 bits per heavy atom. The molecule has 0 aliphatic heterocycles. The average molecular weight is 325 g/mol. The van der Waals surface area contributed by atoms with Crippen molar-refractivity contribution in [2.45, 2.75) is 37.9 Å². The third-order valence-corrected chi connectivity index (χ3v) is 4.78. The van der Waals surface area contributed by atoms with E-state index in [2.05, 4.69) is 0 Å². The smallest absolute Gasteiger partial charge is 0.230 e. The summed E-state index contributed by atoms with van der Waals surface area (Å²) in [6.45, 7) is 0.583. The number of benzene rings is 1. The highest BCUT2D eigenvalue weighted by Crippen LogP contribution is 2.32. The van der Waals surface area contributed by atoms with Crippen LogP contribution >= 0.6 is 23.2 Å². The van der Waals surface area contributed by atoms with Gasteiger partial charge < -0.3 is 10.6 Å². The minimum Gasteiger partial charge on any atom is -0.335 e. The zero-order valence-electron chi connectivity index (χ0n) is 11.6. The predicted octanol–water partition coefficient (Wildman–Crippen LogP) is 3.39. The lowest BCUT2D eigenvalue weighted by Gasteiger charge is -2.25. The number of amides is 1. The van der Waals surface area contributed by atoms with E-state index in [1.54, 1.807) is 6.07 Å². The van der Waals surface area contributed by atoms with E-state index >= 15 is 0 Å². The fraction of sp³-hybridized carbons (Fsp3) is 0.438. The first-order valence-electron chi connectivity index (χ1n) is 7.23. The molecule has 0 saturated heterocycles. The minimum atomic E-state index is -0.0802. The summed E-state index contributed by atoms with van der Waals surface area (Å²) in [5, 5.41) is 1.06. The summed E-state index contributed by atoms with van der Waals surface area (Å²) in [6, 6.07) is 5.90. The molecule has 1 saturated carbocycles. The van der Waals surface area contributed by atoms with Crippen molar-refractivity contribution in [1.82, 2.24) is 4.90 Å². The summed E-state index contributed by atoms with van der Waals surface area (Å²) < 4.78 is 0. The fourth-order valence-corrected chi connectivity index (χ4v) is 3.05. The predicted molar refractivity (Wildman–Crippen MR) is 85.3 cm³/mol. The summed E-state index contributed by atoms with van der Waals surface area (Å²) in [5.41, 5.74) is 6.86. The second-order valence-electron chi connectivity index (χ2n) is 5.84. The highest BCUT2D eigenvalue weighted by molar-refractivity contribution is 6.42. The number of carbonyl (C=O) groups is 1. The molecule has 3 nitrogen and oxygen atoms in total. The SMILES string of the molecule is NC1C=CC(C(=O)N(Cc2ccc(Cl)c(Cl)c2)C2CC2)C1. The topological polar surface area (TPSA) is 46.3 Å². The number of hydrogen-bond donors (Lipinski definition) is 1. The quantitative estimate of drug-likeness (QED) is 0.863. The third kappa shape index (κ3) is 3.42. The molecule has 0 spiro atoms. The van der Waals surface area contributed by atoms with Crippen molar-refractivity contribution in [3.8, 4) is 0 Å². The van der Waals surface area contributed by atoms with Crippen molar-refractivity contribution in [3.63, 3.8) is 0 Å². The molecule has 0 radical (unpaired) electrons. The van der Waals surface area contributed by atoms with Crippen LogP contribution in [0.2, 0.25) is 10.0 Å². The fourth-order valence-electron chi connectivity index (χ4n) is 2.73. The number of halogens is 2. The first kappa shape index (κ1) is 14.9. The number of carbonyl (C=O) groups excluding carboxylic acids is 1. The molecule has 1 fully saturated rings. The van der Waals surface area contributed by atoms with Gasteiger partial charge in [0.2, 0.25) is 5.91 Å². The van der Waals surface area contributed by atoms with Crippen molar-refractivity contribution in [3.05, 3.63) is 46.0 Å². The molecule has 1 aromatic carbocycles. The molecule has 21 heavy (non-hydrogen) atoms. The van der Waals surface area contributed by atoms with Gasteiger partial charge >= 0.3 is 0 Å². The zero-order chi connectivity index (χ0) is 15.0. The normalized spacial score (nSPS) is 24.3. The van der Waals surface area contributed by atoms with Crippen LogP contribution in [-0.2, 0) is 11.3 Å². The van der Waals surface area contributed by atoms with E-state index in [4.69, 9.17) is 28.9 Å². The molecular weight excluding hydrogens is 307 g/mol. The van der Waals surface area contributed by atoms with Gasteiger partial charge in [-0.3, -0.25) is 4.79 Å². The average Bonchev–Trinajstić information content (AvgIpc) is 3.20. The molecule has 5 heteroatoms. The zero-order valence-corrected chi connectivity index (χ0v) is 13.1. The van der Waals surface area contributed by atoms with Crippen LogP contribution in [0.4, 0.5) is 0 Å². The number of nitrogens with zero attached hydrogens (tertiary/aromatic N) is 1. The van der Waals surface area contributed by atoms with Gasteiger partial charge in [-0.2, -0.15) is 0 Å². The molecular formula is C16H18Cl2N2O. The second kappa shape index (κ2) is 5.99. The molecule has 0 heterocycles. The van der Waals surface area contributed by atoms with Crippen LogP contribution in [0.5, 0.6) is 0 Å². The Morgan fingerprint density at radius 2 is 2.00 bits per heavy atom. The van der Waals surface area contributed by atoms with E-state index in [1.165, 1.54) is 0 Å². The summed E-state index contributed by atoms with van der Waals surface area (Å²) in [6.07, 6.45) is 6.73. The lowest BCUT2D eigenvalue weighted by atomic mass is 10.1. The van der Waals surface area contributed by atoms with E-state index in [1.807, 2.05) is 29.2 Å². The lowest BCUT2D eigenvalue weighted by Crippen LogP contribution is -2.37. The molecule has 2 unspecified atom stereocenters. The van der Waals surface area contributed by atoms with Crippen molar-refractivity contribution >= 4 is 29.1 Å². The molecule has 0 aromatic heterocycles. The van der Waals surface area contributed by atoms with Crippen molar-refractivity contribution < 1.29 is 4.79 Å². The Balaban J connectivity index is 1.74. The maximum Gasteiger partial charge on any atom is 0.230 e. The van der Waals surface area contributed by atoms with Gasteiger partial charge in [-0.05, 0) is 37.0 Å². The van der Waals surface area contributed by atoms with Gasteiger partial charge in [-0.1, -0.05) is 41.4 Å². The van der Waals surface area contributed by atoms with Gasteiger partial charge in [-0.15, -0.1) is 0 Å². The molecule has 2 atom stereocenters. The molecule has 2 aliphatic rings. The van der Waals surface area contributed by atoms with Gasteiger partial charge in [0, 0.05) is 18.6 Å². The maximum atomic E-state index is 12.7. The largest absolute Gasteiger partial charge is 0.335 e. The Labute approximate surface area is 134 Å². The van der Waals surface area contributed by atoms with E-state index in [0.717, 1.165) is 18.4 Å². The van der Waals surface area contributed by atoms with E-state index in [-0.39, 0.29) is 17.9 Å². The molecule has 2 aliphatic carbocycles. The van der Waals surface area contributed by atoms with Gasteiger partial charge in [0.25, 0.3) is 0 Å². The standard InChI is InChI=1S/C16H18Cl2N2O/c17-14-6-1-10(7-15(14)18)9-20(13-4-5-13)16(21)11-2-3-12(19)8-11/h1-3,6-7,11-13H,4-5,8-9,19H2. The minimum absolute atomic E-state index is 0.00461. The van der Waals surface area contributed by atoms with Crippen molar-refractivity contribution in [2.24, 2.45) is 11.7 Å². The maximum absolute atomic E-state index is 12.7. The molecule has 1 amide bonds. The van der Waals surface area contributed by atoms with Crippen LogP contribution < -0.4 is 5.73 Å². The second-order valence-corrected chi connectivity index (χ2v) is 6.65. The Morgan fingerprint density at radius 3 is 2.57 bits per heavy atom. The summed E-state index contributed by atoms with van der Waals surface area (Å²) in [4.78, 5) is 14.7. The van der Waals surface area contributed by atoms with Gasteiger partial charge in [0.05, 0.1) is 16.0 Å². The summed E-state index contributed by atoms with van der Waals surface area (Å²) >= 11 is 12.0. The highest BCUT2D eigenvalue weighted by atomic mass is 35.5. The van der Waals surface area contributed by atoms with Crippen LogP contribution in [0, 0.1) is 5.92 Å². The first-order valence-corrected chi connectivity index (χ1v) is 7.98. The van der Waals surface area contributed by atoms with E-state index in [0.29, 0.717) is 29.1 Å². The van der Waals surface area contributed by atoms with E-state index < -0.39 is 0 Å². The van der Waals surface area contributed by atoms with Gasteiger partial charge in [0.1, 0.15) is 0 Å². The number of rotatable bonds is 4. The molecule has 3 rings (SSSR count). The molecule has 112 valence electrons. The van der Waals surface area contributed by atoms with Crippen LogP contribution in [0.15, 0.2) is 30.4 Å². The van der Waals surface area contributed by atoms with Crippen molar-refractivity contribution in [2.75, 3.05) is 0 Å². The Hall–Kier alpha value is -1.03. The molecule has 2 N–H and O–H groups in total. The molecule has 0 bridgehead atoms. The summed E-state index contributed by atoms with van der Waals surface area (Å²) in [7, 11) is 0. The highest BCUT2D eigenvalue weighted by Gasteiger charge is 2.36. The van der Waals surface area contributed by atoms with Crippen LogP contribution in [0.25, 0.3) is 0 Å². The van der Waals surface area contributed by atoms with E-state index in [9.17, 15) is 4.79 Å². The summed E-state index contributed by atoms with van der Waals surface area (Å²) in [5.74, 6) is 0.0937. The van der Waals surface area contributed by atoms with Crippen LogP contribution in [-0.4, -0.2) is 22.9 Å². The Kier molecular flexibility index (Phi) is 4.25. The van der Waals surface area contributed by atoms with Crippen LogP contribution in [0.3, 0.4) is 0 Å². The lowest BCUT2D eigenvalue weighted by molar-refractivity contribution is -0.135. The van der Waals surface area contributed by atoms with Gasteiger partial charge in [-0.25, -0.2) is 0 Å². The number of hydrogen-bond acceptors (Lipinski definition) is 2. The van der Waals surface area contributed by atoms with Gasteiger partial charge in [0.15, 0.2) is 0 Å². The monoisotopic (exact) mass is 324 g/mol. The first-order chi connectivity index (χ1) is 10.0. The Bertz CT molecular complexity index is 584. The van der Waals surface area contributed by atoms with Crippen LogP contribution in [0.1, 0.15) is 24.8 Å². The number of nitrogens with two attached hydrogens (primary N) is 1.